The standard InChI is InChI=1S/C35H67NO6S/c1-3-5-7-9-11-13-14-15-16-17-18-19-20-22-24-26-28-30-34(38)35(39)36-32(31-43(40,41)42)33(37)29-27-25-23-21-12-10-8-6-4-2/h18-19,27,29,32-34,37-38H,3-17,20-26,28,30-31H2,1-2H3,(H,36,39)(H,40,41,42)/b19-18-,29-27+. The van der Waals surface area contributed by atoms with Crippen LogP contribution in [0.1, 0.15) is 168 Å². The van der Waals surface area contributed by atoms with Gasteiger partial charge in [-0.2, -0.15) is 8.42 Å². The molecule has 0 spiro atoms. The molecule has 3 unspecified atom stereocenters. The predicted molar refractivity (Wildman–Crippen MR) is 181 cm³/mol. The molecule has 7 nitrogen and oxygen atoms in total. The molecule has 4 N–H and O–H groups in total. The molecule has 0 fully saturated rings. The second kappa shape index (κ2) is 29.5. The Labute approximate surface area is 265 Å². The molecule has 0 aromatic rings. The van der Waals surface area contributed by atoms with E-state index in [2.05, 4.69) is 31.3 Å². The highest BCUT2D eigenvalue weighted by atomic mass is 32.2. The summed E-state index contributed by atoms with van der Waals surface area (Å²) in [6.07, 6.45) is 32.4. The summed E-state index contributed by atoms with van der Waals surface area (Å²) in [6.45, 7) is 4.44. The average Bonchev–Trinajstić information content (AvgIpc) is 2.96. The van der Waals surface area contributed by atoms with Crippen molar-refractivity contribution in [3.63, 3.8) is 0 Å². The van der Waals surface area contributed by atoms with E-state index in [4.69, 9.17) is 0 Å². The third kappa shape index (κ3) is 29.3. The number of unbranched alkanes of at least 4 members (excludes halogenated alkanes) is 20. The van der Waals surface area contributed by atoms with Crippen LogP contribution < -0.4 is 5.32 Å². The Bertz CT molecular complexity index is 798. The van der Waals surface area contributed by atoms with Crippen LogP contribution in [0.4, 0.5) is 0 Å². The molecule has 0 bridgehead atoms. The van der Waals surface area contributed by atoms with Crippen molar-refractivity contribution in [2.24, 2.45) is 0 Å². The summed E-state index contributed by atoms with van der Waals surface area (Å²) >= 11 is 0. The van der Waals surface area contributed by atoms with Crippen LogP contribution in [-0.2, 0) is 14.9 Å². The maximum atomic E-state index is 12.5. The van der Waals surface area contributed by atoms with Crippen molar-refractivity contribution in [2.75, 3.05) is 5.75 Å². The predicted octanol–water partition coefficient (Wildman–Crippen LogP) is 8.60. The quantitative estimate of drug-likeness (QED) is 0.0346. The van der Waals surface area contributed by atoms with Gasteiger partial charge in [0.15, 0.2) is 0 Å². The van der Waals surface area contributed by atoms with E-state index in [1.807, 2.05) is 0 Å². The van der Waals surface area contributed by atoms with Gasteiger partial charge >= 0.3 is 0 Å². The van der Waals surface area contributed by atoms with Gasteiger partial charge in [-0.25, -0.2) is 0 Å². The fraction of sp³-hybridized carbons (Fsp3) is 0.857. The largest absolute Gasteiger partial charge is 0.387 e. The van der Waals surface area contributed by atoms with Crippen LogP contribution in [-0.4, -0.2) is 53.1 Å². The first kappa shape index (κ1) is 41.8. The van der Waals surface area contributed by atoms with Crippen molar-refractivity contribution in [3.05, 3.63) is 24.3 Å². The van der Waals surface area contributed by atoms with E-state index in [0.29, 0.717) is 6.42 Å². The monoisotopic (exact) mass is 629 g/mol. The highest BCUT2D eigenvalue weighted by Crippen LogP contribution is 2.13. The molecular formula is C35H67NO6S. The molecule has 3 atom stereocenters. The van der Waals surface area contributed by atoms with Gasteiger partial charge in [-0.05, 0) is 44.9 Å². The molecular weight excluding hydrogens is 562 g/mol. The highest BCUT2D eigenvalue weighted by Gasteiger charge is 2.27. The van der Waals surface area contributed by atoms with Gasteiger partial charge in [0.1, 0.15) is 6.10 Å². The van der Waals surface area contributed by atoms with Crippen molar-refractivity contribution in [2.45, 2.75) is 186 Å². The second-order valence-corrected chi connectivity index (χ2v) is 13.8. The van der Waals surface area contributed by atoms with Crippen LogP contribution in [0.5, 0.6) is 0 Å². The molecule has 0 rings (SSSR count). The van der Waals surface area contributed by atoms with Crippen LogP contribution in [0, 0.1) is 0 Å². The Balaban J connectivity index is 4.09. The minimum absolute atomic E-state index is 0.267. The van der Waals surface area contributed by atoms with Crippen molar-refractivity contribution in [1.82, 2.24) is 5.32 Å². The molecule has 0 saturated carbocycles. The van der Waals surface area contributed by atoms with Gasteiger partial charge < -0.3 is 15.5 Å². The van der Waals surface area contributed by atoms with Gasteiger partial charge in [-0.1, -0.05) is 147 Å². The van der Waals surface area contributed by atoms with Gasteiger partial charge in [0.2, 0.25) is 5.91 Å². The number of hydrogen-bond donors (Lipinski definition) is 4. The first-order chi connectivity index (χ1) is 20.7. The van der Waals surface area contributed by atoms with E-state index < -0.39 is 40.0 Å². The summed E-state index contributed by atoms with van der Waals surface area (Å²) in [5, 5.41) is 23.2. The fourth-order valence-corrected chi connectivity index (χ4v) is 5.95. The molecule has 0 heterocycles. The van der Waals surface area contributed by atoms with Crippen molar-refractivity contribution >= 4 is 16.0 Å². The van der Waals surface area contributed by atoms with E-state index in [-0.39, 0.29) is 6.42 Å². The Hall–Kier alpha value is -1.22. The molecule has 0 radical (unpaired) electrons. The average molecular weight is 630 g/mol. The molecule has 1 amide bonds. The van der Waals surface area contributed by atoms with E-state index in [1.165, 1.54) is 96.0 Å². The number of carbonyl (C=O) groups excluding carboxylic acids is 1. The minimum Gasteiger partial charge on any atom is -0.387 e. The van der Waals surface area contributed by atoms with E-state index >= 15 is 0 Å². The first-order valence-corrected chi connectivity index (χ1v) is 19.3. The molecule has 254 valence electrons. The van der Waals surface area contributed by atoms with Gasteiger partial charge in [0.05, 0.1) is 17.9 Å². The van der Waals surface area contributed by atoms with E-state index in [0.717, 1.165) is 51.4 Å². The normalized spacial score (nSPS) is 14.4. The lowest BCUT2D eigenvalue weighted by Crippen LogP contribution is -2.50. The lowest BCUT2D eigenvalue weighted by atomic mass is 10.1. The molecule has 0 aromatic carbocycles. The molecule has 43 heavy (non-hydrogen) atoms. The van der Waals surface area contributed by atoms with Crippen LogP contribution in [0.25, 0.3) is 0 Å². The summed E-state index contributed by atoms with van der Waals surface area (Å²) in [4.78, 5) is 12.5. The van der Waals surface area contributed by atoms with E-state index in [1.54, 1.807) is 6.08 Å². The third-order valence-electron chi connectivity index (χ3n) is 7.98. The Morgan fingerprint density at radius 1 is 0.628 bits per heavy atom. The van der Waals surface area contributed by atoms with Gasteiger partial charge in [0, 0.05) is 0 Å². The topological polar surface area (TPSA) is 124 Å². The molecule has 0 aromatic heterocycles. The van der Waals surface area contributed by atoms with Crippen molar-refractivity contribution in [3.8, 4) is 0 Å². The lowest BCUT2D eigenvalue weighted by molar-refractivity contribution is -0.130. The Kier molecular flexibility index (Phi) is 28.7. The zero-order valence-electron chi connectivity index (χ0n) is 27.7. The van der Waals surface area contributed by atoms with Gasteiger partial charge in [0.25, 0.3) is 10.1 Å². The molecule has 8 heteroatoms. The van der Waals surface area contributed by atoms with Gasteiger partial charge in [-0.3, -0.25) is 9.35 Å². The summed E-state index contributed by atoms with van der Waals surface area (Å²) < 4.78 is 32.2. The van der Waals surface area contributed by atoms with Crippen molar-refractivity contribution in [1.29, 1.82) is 0 Å². The SMILES string of the molecule is CCCCCCCCC/C=C/C(O)C(CS(=O)(=O)O)NC(=O)C(O)CCCCCC/C=C\CCCCCCCCCCC. The van der Waals surface area contributed by atoms with Gasteiger partial charge in [-0.15, -0.1) is 0 Å². The second-order valence-electron chi connectivity index (χ2n) is 12.3. The maximum Gasteiger partial charge on any atom is 0.267 e. The first-order valence-electron chi connectivity index (χ1n) is 17.6. The third-order valence-corrected chi connectivity index (χ3v) is 8.76. The van der Waals surface area contributed by atoms with Crippen LogP contribution in [0.2, 0.25) is 0 Å². The van der Waals surface area contributed by atoms with E-state index in [9.17, 15) is 28.0 Å². The summed E-state index contributed by atoms with van der Waals surface area (Å²) in [5.41, 5.74) is 0. The highest BCUT2D eigenvalue weighted by molar-refractivity contribution is 7.85. The summed E-state index contributed by atoms with van der Waals surface area (Å²) in [5.74, 6) is -1.55. The maximum absolute atomic E-state index is 12.5. The molecule has 0 aliphatic carbocycles. The summed E-state index contributed by atoms with van der Waals surface area (Å²) in [6, 6.07) is -1.23. The van der Waals surface area contributed by atoms with Crippen LogP contribution in [0.3, 0.4) is 0 Å². The molecule has 0 aliphatic rings. The number of hydrogen-bond acceptors (Lipinski definition) is 5. The number of nitrogens with one attached hydrogen (secondary N) is 1. The zero-order chi connectivity index (χ0) is 32.0. The van der Waals surface area contributed by atoms with Crippen LogP contribution in [0.15, 0.2) is 24.3 Å². The number of aliphatic hydroxyl groups excluding tert-OH is 2. The lowest BCUT2D eigenvalue weighted by Gasteiger charge is -2.22. The Morgan fingerprint density at radius 2 is 1.02 bits per heavy atom. The van der Waals surface area contributed by atoms with Crippen LogP contribution >= 0.6 is 0 Å². The summed E-state index contributed by atoms with van der Waals surface area (Å²) in [7, 11) is -4.43. The molecule has 0 saturated heterocycles. The number of carbonyl (C=O) groups is 1. The molecule has 0 aliphatic heterocycles. The minimum atomic E-state index is -4.43. The number of aliphatic hydroxyl groups is 2. The fourth-order valence-electron chi connectivity index (χ4n) is 5.21. The number of rotatable bonds is 31. The Morgan fingerprint density at radius 3 is 1.47 bits per heavy atom. The number of amides is 1. The zero-order valence-corrected chi connectivity index (χ0v) is 28.5. The van der Waals surface area contributed by atoms with Crippen molar-refractivity contribution < 1.29 is 28.0 Å². The number of allylic oxidation sites excluding steroid dienone is 3. The smallest absolute Gasteiger partial charge is 0.267 e.